The molecular formula is C23H35IN6O. The van der Waals surface area contributed by atoms with E-state index in [4.69, 9.17) is 4.74 Å². The monoisotopic (exact) mass is 538 g/mol. The Kier molecular flexibility index (Phi) is 11.4. The number of aliphatic imine (C=N–C) groups is 1. The molecule has 31 heavy (non-hydrogen) atoms. The number of aromatic nitrogens is 1. The summed E-state index contributed by atoms with van der Waals surface area (Å²) in [7, 11) is 1.78. The first-order chi connectivity index (χ1) is 14.8. The molecule has 8 heteroatoms. The zero-order valence-corrected chi connectivity index (χ0v) is 20.9. The summed E-state index contributed by atoms with van der Waals surface area (Å²) in [5.41, 5.74) is 1.14. The van der Waals surface area contributed by atoms with Gasteiger partial charge in [0.25, 0.3) is 0 Å². The number of pyridine rings is 1. The summed E-state index contributed by atoms with van der Waals surface area (Å²) in [6.07, 6.45) is 2.85. The highest BCUT2D eigenvalue weighted by Crippen LogP contribution is 2.14. The molecule has 0 unspecified atom stereocenters. The number of hydrogen-bond donors (Lipinski definition) is 2. The second-order valence-electron chi connectivity index (χ2n) is 7.31. The Hall–Kier alpha value is -2.07. The van der Waals surface area contributed by atoms with Crippen LogP contribution in [-0.4, -0.2) is 68.8 Å². The van der Waals surface area contributed by atoms with Crippen LogP contribution in [0.2, 0.25) is 0 Å². The Morgan fingerprint density at radius 1 is 1.06 bits per heavy atom. The van der Waals surface area contributed by atoms with Crippen molar-refractivity contribution in [2.45, 2.75) is 19.9 Å². The van der Waals surface area contributed by atoms with Crippen LogP contribution in [0, 0.1) is 0 Å². The van der Waals surface area contributed by atoms with Gasteiger partial charge >= 0.3 is 0 Å². The van der Waals surface area contributed by atoms with Crippen LogP contribution in [0.15, 0.2) is 53.7 Å². The van der Waals surface area contributed by atoms with Gasteiger partial charge in [-0.15, -0.1) is 24.0 Å². The molecule has 2 N–H and O–H groups in total. The molecule has 0 saturated carbocycles. The second-order valence-corrected chi connectivity index (χ2v) is 7.31. The maximum Gasteiger partial charge on any atom is 0.191 e. The standard InChI is InChI=1S/C23H34N6O.HI/c1-3-28-13-15-29(16-14-28)22-11-10-20(18-26-22)19-27-23(24-2)25-12-7-17-30-21-8-5-4-6-9-21;/h4-6,8-11,18H,3,7,12-17,19H2,1-2H3,(H2,24,25,27);1H. The molecule has 0 aliphatic carbocycles. The molecule has 0 bridgehead atoms. The number of benzene rings is 1. The van der Waals surface area contributed by atoms with E-state index >= 15 is 0 Å². The highest BCUT2D eigenvalue weighted by Gasteiger charge is 2.16. The Labute approximate surface area is 203 Å². The van der Waals surface area contributed by atoms with E-state index in [-0.39, 0.29) is 24.0 Å². The lowest BCUT2D eigenvalue weighted by molar-refractivity contribution is 0.270. The van der Waals surface area contributed by atoms with Gasteiger partial charge in [0, 0.05) is 52.5 Å². The summed E-state index contributed by atoms with van der Waals surface area (Å²) in [5.74, 6) is 2.76. The van der Waals surface area contributed by atoms with E-state index in [1.54, 1.807) is 7.05 Å². The Morgan fingerprint density at radius 2 is 1.84 bits per heavy atom. The number of nitrogens with one attached hydrogen (secondary N) is 2. The largest absolute Gasteiger partial charge is 0.494 e. The van der Waals surface area contributed by atoms with Gasteiger partial charge in [-0.2, -0.15) is 0 Å². The van der Waals surface area contributed by atoms with Crippen molar-refractivity contribution >= 4 is 35.8 Å². The fraction of sp³-hybridized carbons (Fsp3) is 0.478. The summed E-state index contributed by atoms with van der Waals surface area (Å²) in [6.45, 7) is 9.82. The van der Waals surface area contributed by atoms with Crippen LogP contribution in [0.3, 0.4) is 0 Å². The second kappa shape index (κ2) is 14.1. The molecular weight excluding hydrogens is 503 g/mol. The average Bonchev–Trinajstić information content (AvgIpc) is 2.82. The van der Waals surface area contributed by atoms with Crippen LogP contribution >= 0.6 is 24.0 Å². The van der Waals surface area contributed by atoms with E-state index in [9.17, 15) is 0 Å². The molecule has 7 nitrogen and oxygen atoms in total. The molecule has 1 aliphatic heterocycles. The van der Waals surface area contributed by atoms with E-state index in [0.717, 1.165) is 68.8 Å². The van der Waals surface area contributed by atoms with Crippen molar-refractivity contribution in [2.75, 3.05) is 57.8 Å². The Bertz CT molecular complexity index is 763. The van der Waals surface area contributed by atoms with Crippen molar-refractivity contribution in [1.82, 2.24) is 20.5 Å². The first-order valence-electron chi connectivity index (χ1n) is 10.8. The minimum Gasteiger partial charge on any atom is -0.494 e. The van der Waals surface area contributed by atoms with Gasteiger partial charge < -0.3 is 25.2 Å². The summed E-state index contributed by atoms with van der Waals surface area (Å²) in [5, 5.41) is 6.67. The predicted molar refractivity (Wildman–Crippen MR) is 139 cm³/mol. The van der Waals surface area contributed by atoms with Gasteiger partial charge in [0.15, 0.2) is 5.96 Å². The van der Waals surface area contributed by atoms with Crippen molar-refractivity contribution in [3.05, 3.63) is 54.2 Å². The number of guanidine groups is 1. The van der Waals surface area contributed by atoms with E-state index in [2.05, 4.69) is 49.5 Å². The summed E-state index contributed by atoms with van der Waals surface area (Å²) in [6, 6.07) is 14.1. The zero-order valence-electron chi connectivity index (χ0n) is 18.6. The van der Waals surface area contributed by atoms with Gasteiger partial charge in [-0.05, 0) is 36.7 Å². The zero-order chi connectivity index (χ0) is 21.0. The molecule has 3 rings (SSSR count). The Balaban J connectivity index is 0.00000341. The number of piperazine rings is 1. The molecule has 0 amide bonds. The minimum atomic E-state index is 0. The fourth-order valence-electron chi connectivity index (χ4n) is 3.39. The number of halogens is 1. The third-order valence-corrected chi connectivity index (χ3v) is 5.26. The van der Waals surface area contributed by atoms with E-state index < -0.39 is 0 Å². The molecule has 0 spiro atoms. The topological polar surface area (TPSA) is 65.0 Å². The van der Waals surface area contributed by atoms with Gasteiger partial charge in [0.2, 0.25) is 0 Å². The average molecular weight is 538 g/mol. The fourth-order valence-corrected chi connectivity index (χ4v) is 3.39. The lowest BCUT2D eigenvalue weighted by Crippen LogP contribution is -2.46. The number of anilines is 1. The van der Waals surface area contributed by atoms with Crippen molar-refractivity contribution in [3.63, 3.8) is 0 Å². The molecule has 2 heterocycles. The van der Waals surface area contributed by atoms with Gasteiger partial charge in [-0.1, -0.05) is 31.2 Å². The predicted octanol–water partition coefficient (Wildman–Crippen LogP) is 2.98. The summed E-state index contributed by atoms with van der Waals surface area (Å²) >= 11 is 0. The van der Waals surface area contributed by atoms with Crippen LogP contribution in [0.25, 0.3) is 0 Å². The van der Waals surface area contributed by atoms with Crippen LogP contribution in [0.1, 0.15) is 18.9 Å². The molecule has 1 saturated heterocycles. The van der Waals surface area contributed by atoms with E-state index in [0.29, 0.717) is 13.2 Å². The quantitative estimate of drug-likeness (QED) is 0.222. The van der Waals surface area contributed by atoms with Crippen molar-refractivity contribution < 1.29 is 4.74 Å². The number of para-hydroxylation sites is 1. The molecule has 0 atom stereocenters. The lowest BCUT2D eigenvalue weighted by Gasteiger charge is -2.34. The molecule has 1 aliphatic rings. The highest BCUT2D eigenvalue weighted by atomic mass is 127. The molecule has 2 aromatic rings. The smallest absolute Gasteiger partial charge is 0.191 e. The maximum absolute atomic E-state index is 5.71. The SMILES string of the molecule is CCN1CCN(c2ccc(CNC(=NC)NCCCOc3ccccc3)cn2)CC1.I. The summed E-state index contributed by atoms with van der Waals surface area (Å²) in [4.78, 5) is 13.8. The lowest BCUT2D eigenvalue weighted by atomic mass is 10.2. The molecule has 170 valence electrons. The van der Waals surface area contributed by atoms with Crippen molar-refractivity contribution in [3.8, 4) is 5.75 Å². The minimum absolute atomic E-state index is 0. The van der Waals surface area contributed by atoms with Crippen LogP contribution < -0.4 is 20.3 Å². The normalized spacial score (nSPS) is 14.6. The first kappa shape index (κ1) is 25.2. The maximum atomic E-state index is 5.71. The third kappa shape index (κ3) is 8.53. The molecule has 1 aromatic carbocycles. The highest BCUT2D eigenvalue weighted by molar-refractivity contribution is 14.0. The van der Waals surface area contributed by atoms with Crippen molar-refractivity contribution in [2.24, 2.45) is 4.99 Å². The van der Waals surface area contributed by atoms with Gasteiger partial charge in [-0.25, -0.2) is 4.98 Å². The Morgan fingerprint density at radius 3 is 2.48 bits per heavy atom. The van der Waals surface area contributed by atoms with Crippen LogP contribution in [0.5, 0.6) is 5.75 Å². The molecule has 0 radical (unpaired) electrons. The molecule has 1 fully saturated rings. The number of nitrogens with zero attached hydrogens (tertiary/aromatic N) is 4. The van der Waals surface area contributed by atoms with E-state index in [1.165, 1.54) is 0 Å². The van der Waals surface area contributed by atoms with Gasteiger partial charge in [0.05, 0.1) is 6.61 Å². The van der Waals surface area contributed by atoms with Gasteiger partial charge in [-0.3, -0.25) is 4.99 Å². The van der Waals surface area contributed by atoms with Crippen LogP contribution in [-0.2, 0) is 6.54 Å². The van der Waals surface area contributed by atoms with Crippen LogP contribution in [0.4, 0.5) is 5.82 Å². The number of likely N-dealkylation sites (N-methyl/N-ethyl adjacent to an activating group) is 1. The summed E-state index contributed by atoms with van der Waals surface area (Å²) < 4.78 is 5.71. The van der Waals surface area contributed by atoms with Crippen molar-refractivity contribution in [1.29, 1.82) is 0 Å². The number of hydrogen-bond acceptors (Lipinski definition) is 5. The van der Waals surface area contributed by atoms with Gasteiger partial charge in [0.1, 0.15) is 11.6 Å². The third-order valence-electron chi connectivity index (χ3n) is 5.26. The van der Waals surface area contributed by atoms with E-state index in [1.807, 2.05) is 36.5 Å². The first-order valence-corrected chi connectivity index (χ1v) is 10.8. The number of rotatable bonds is 9. The number of ether oxygens (including phenoxy) is 1. The molecule has 1 aromatic heterocycles.